The summed E-state index contributed by atoms with van der Waals surface area (Å²) >= 11 is 0. The average molecular weight is 380 g/mol. The first kappa shape index (κ1) is 19.9. The third-order valence-corrected chi connectivity index (χ3v) is 4.80. The standard InChI is InChI=1S/C22H28N4O2/c1-16(2)15-20-24-18-9-4-5-10-19(18)26(20)17(3)22(28)23-12-8-14-25-13-7-6-11-21(25)27/h4-7,9-11,13,16-17H,8,12,14-15H2,1-3H3,(H,23,28)/t17-/m1/s1. The predicted octanol–water partition coefficient (Wildman–Crippen LogP) is 3.16. The topological polar surface area (TPSA) is 68.9 Å². The number of para-hydroxylation sites is 2. The van der Waals surface area contributed by atoms with Crippen molar-refractivity contribution in [1.29, 1.82) is 0 Å². The van der Waals surface area contributed by atoms with E-state index in [0.29, 0.717) is 25.4 Å². The van der Waals surface area contributed by atoms with Crippen molar-refractivity contribution in [3.8, 4) is 0 Å². The molecule has 3 rings (SSSR count). The Hall–Kier alpha value is -2.89. The molecule has 0 unspecified atom stereocenters. The Morgan fingerprint density at radius 3 is 2.61 bits per heavy atom. The molecule has 1 aromatic carbocycles. The van der Waals surface area contributed by atoms with Gasteiger partial charge in [-0.05, 0) is 37.5 Å². The van der Waals surface area contributed by atoms with Gasteiger partial charge in [0.15, 0.2) is 0 Å². The van der Waals surface area contributed by atoms with Crippen LogP contribution in [0.2, 0.25) is 0 Å². The predicted molar refractivity (Wildman–Crippen MR) is 111 cm³/mol. The van der Waals surface area contributed by atoms with Crippen LogP contribution >= 0.6 is 0 Å². The highest BCUT2D eigenvalue weighted by Gasteiger charge is 2.21. The van der Waals surface area contributed by atoms with Gasteiger partial charge in [-0.2, -0.15) is 0 Å². The smallest absolute Gasteiger partial charge is 0.250 e. The zero-order chi connectivity index (χ0) is 20.1. The zero-order valence-electron chi connectivity index (χ0n) is 16.8. The maximum atomic E-state index is 12.8. The molecule has 6 nitrogen and oxygen atoms in total. The van der Waals surface area contributed by atoms with Gasteiger partial charge in [0, 0.05) is 31.8 Å². The van der Waals surface area contributed by atoms with Gasteiger partial charge in [-0.15, -0.1) is 0 Å². The van der Waals surface area contributed by atoms with Crippen molar-refractivity contribution in [3.63, 3.8) is 0 Å². The number of imidazole rings is 1. The molecule has 2 heterocycles. The fourth-order valence-corrected chi connectivity index (χ4v) is 3.41. The molecule has 28 heavy (non-hydrogen) atoms. The zero-order valence-corrected chi connectivity index (χ0v) is 16.8. The van der Waals surface area contributed by atoms with Crippen LogP contribution in [-0.2, 0) is 17.8 Å². The third-order valence-electron chi connectivity index (χ3n) is 4.80. The summed E-state index contributed by atoms with van der Waals surface area (Å²) in [5, 5.41) is 3.00. The minimum atomic E-state index is -0.347. The minimum absolute atomic E-state index is 0.0228. The summed E-state index contributed by atoms with van der Waals surface area (Å²) in [6.07, 6.45) is 3.29. The number of rotatable bonds is 8. The van der Waals surface area contributed by atoms with Crippen molar-refractivity contribution in [3.05, 3.63) is 64.8 Å². The van der Waals surface area contributed by atoms with Gasteiger partial charge in [-0.3, -0.25) is 9.59 Å². The van der Waals surface area contributed by atoms with E-state index in [1.54, 1.807) is 22.9 Å². The van der Waals surface area contributed by atoms with Gasteiger partial charge < -0.3 is 14.5 Å². The van der Waals surface area contributed by atoms with Crippen LogP contribution in [0.1, 0.15) is 39.1 Å². The third kappa shape index (κ3) is 4.50. The summed E-state index contributed by atoms with van der Waals surface area (Å²) in [5.41, 5.74) is 1.88. The number of fused-ring (bicyclic) bond motifs is 1. The summed E-state index contributed by atoms with van der Waals surface area (Å²) in [4.78, 5) is 29.2. The van der Waals surface area contributed by atoms with Gasteiger partial charge in [0.25, 0.3) is 0 Å². The Morgan fingerprint density at radius 2 is 1.86 bits per heavy atom. The van der Waals surface area contributed by atoms with Crippen LogP contribution in [0.15, 0.2) is 53.5 Å². The Morgan fingerprint density at radius 1 is 1.11 bits per heavy atom. The molecule has 0 aliphatic carbocycles. The van der Waals surface area contributed by atoms with E-state index in [1.807, 2.05) is 41.8 Å². The van der Waals surface area contributed by atoms with E-state index in [9.17, 15) is 9.59 Å². The first-order chi connectivity index (χ1) is 13.5. The Kier molecular flexibility index (Phi) is 6.29. The normalized spacial score (nSPS) is 12.4. The minimum Gasteiger partial charge on any atom is -0.354 e. The number of nitrogens with one attached hydrogen (secondary N) is 1. The summed E-state index contributed by atoms with van der Waals surface area (Å²) in [6.45, 7) is 7.33. The number of nitrogens with zero attached hydrogens (tertiary/aromatic N) is 3. The molecule has 2 aromatic heterocycles. The van der Waals surface area contributed by atoms with Crippen LogP contribution in [0.3, 0.4) is 0 Å². The molecule has 1 N–H and O–H groups in total. The first-order valence-corrected chi connectivity index (χ1v) is 9.86. The maximum Gasteiger partial charge on any atom is 0.250 e. The Labute approximate surface area is 165 Å². The largest absolute Gasteiger partial charge is 0.354 e. The molecule has 1 amide bonds. The quantitative estimate of drug-likeness (QED) is 0.610. The molecule has 0 saturated heterocycles. The number of pyridine rings is 1. The van der Waals surface area contributed by atoms with Crippen LogP contribution in [0.25, 0.3) is 11.0 Å². The Balaban J connectivity index is 1.67. The summed E-state index contributed by atoms with van der Waals surface area (Å²) in [7, 11) is 0. The highest BCUT2D eigenvalue weighted by atomic mass is 16.2. The molecular weight excluding hydrogens is 352 g/mol. The number of amides is 1. The molecule has 3 aromatic rings. The van der Waals surface area contributed by atoms with E-state index in [2.05, 4.69) is 19.2 Å². The molecule has 0 aliphatic heterocycles. The molecule has 0 spiro atoms. The van der Waals surface area contributed by atoms with Crippen molar-refractivity contribution >= 4 is 16.9 Å². The number of hydrogen-bond acceptors (Lipinski definition) is 3. The monoisotopic (exact) mass is 380 g/mol. The molecule has 0 radical (unpaired) electrons. The number of carbonyl (C=O) groups excluding carboxylic acids is 1. The average Bonchev–Trinajstić information content (AvgIpc) is 3.02. The maximum absolute atomic E-state index is 12.8. The number of hydrogen-bond donors (Lipinski definition) is 1. The summed E-state index contributed by atoms with van der Waals surface area (Å²) < 4.78 is 3.70. The van der Waals surface area contributed by atoms with Crippen LogP contribution in [0.4, 0.5) is 0 Å². The van der Waals surface area contributed by atoms with E-state index in [-0.39, 0.29) is 17.5 Å². The highest BCUT2D eigenvalue weighted by molar-refractivity contribution is 5.84. The van der Waals surface area contributed by atoms with Crippen molar-refractivity contribution in [2.24, 2.45) is 5.92 Å². The second kappa shape index (κ2) is 8.87. The van der Waals surface area contributed by atoms with E-state index >= 15 is 0 Å². The Bertz CT molecular complexity index is 1000. The number of aryl methyl sites for hydroxylation is 1. The van der Waals surface area contributed by atoms with Gasteiger partial charge in [0.1, 0.15) is 11.9 Å². The SMILES string of the molecule is CC(C)Cc1nc2ccccc2n1[C@H](C)C(=O)NCCCn1ccccc1=O. The summed E-state index contributed by atoms with van der Waals surface area (Å²) in [6, 6.07) is 12.7. The summed E-state index contributed by atoms with van der Waals surface area (Å²) in [5.74, 6) is 1.36. The fourth-order valence-electron chi connectivity index (χ4n) is 3.41. The van der Waals surface area contributed by atoms with E-state index in [1.165, 1.54) is 0 Å². The van der Waals surface area contributed by atoms with Gasteiger partial charge >= 0.3 is 0 Å². The molecule has 0 saturated carbocycles. The lowest BCUT2D eigenvalue weighted by Gasteiger charge is -2.18. The first-order valence-electron chi connectivity index (χ1n) is 9.86. The van der Waals surface area contributed by atoms with Crippen molar-refractivity contribution < 1.29 is 4.79 Å². The van der Waals surface area contributed by atoms with Crippen LogP contribution in [0.5, 0.6) is 0 Å². The van der Waals surface area contributed by atoms with Crippen LogP contribution in [-0.4, -0.2) is 26.6 Å². The molecule has 1 atom stereocenters. The second-order valence-corrected chi connectivity index (χ2v) is 7.54. The van der Waals surface area contributed by atoms with Crippen molar-refractivity contribution in [1.82, 2.24) is 19.4 Å². The van der Waals surface area contributed by atoms with E-state index in [4.69, 9.17) is 4.98 Å². The highest BCUT2D eigenvalue weighted by Crippen LogP contribution is 2.23. The molecule has 6 heteroatoms. The van der Waals surface area contributed by atoms with E-state index in [0.717, 1.165) is 23.3 Å². The van der Waals surface area contributed by atoms with Gasteiger partial charge in [0.2, 0.25) is 11.5 Å². The van der Waals surface area contributed by atoms with Gasteiger partial charge in [-0.25, -0.2) is 4.98 Å². The molecular formula is C22H28N4O2. The lowest BCUT2D eigenvalue weighted by Crippen LogP contribution is -2.33. The number of benzene rings is 1. The molecule has 0 bridgehead atoms. The van der Waals surface area contributed by atoms with Gasteiger partial charge in [0.05, 0.1) is 11.0 Å². The number of aromatic nitrogens is 3. The van der Waals surface area contributed by atoms with Crippen molar-refractivity contribution in [2.45, 2.75) is 46.2 Å². The van der Waals surface area contributed by atoms with E-state index < -0.39 is 0 Å². The lowest BCUT2D eigenvalue weighted by atomic mass is 10.1. The van der Waals surface area contributed by atoms with Crippen molar-refractivity contribution in [2.75, 3.05) is 6.54 Å². The second-order valence-electron chi connectivity index (χ2n) is 7.54. The number of carbonyl (C=O) groups is 1. The lowest BCUT2D eigenvalue weighted by molar-refractivity contribution is -0.123. The molecule has 0 fully saturated rings. The fraction of sp³-hybridized carbons (Fsp3) is 0.409. The molecule has 0 aliphatic rings. The van der Waals surface area contributed by atoms with Gasteiger partial charge in [-0.1, -0.05) is 32.0 Å². The van der Waals surface area contributed by atoms with Crippen LogP contribution in [0, 0.1) is 5.92 Å². The molecule has 148 valence electrons. The van der Waals surface area contributed by atoms with Crippen LogP contribution < -0.4 is 10.9 Å².